The van der Waals surface area contributed by atoms with Crippen LogP contribution >= 0.6 is 0 Å². The molecule has 1 N–H and O–H groups in total. The molecule has 3 aromatic rings. The highest BCUT2D eigenvalue weighted by Gasteiger charge is 2.32. The van der Waals surface area contributed by atoms with E-state index in [2.05, 4.69) is 10.4 Å². The number of non-ortho nitro benzene ring substituents is 1. The van der Waals surface area contributed by atoms with Crippen LogP contribution in [0.3, 0.4) is 0 Å². The smallest absolute Gasteiger partial charge is 0.410 e. The Morgan fingerprint density at radius 1 is 1.02 bits per heavy atom. The van der Waals surface area contributed by atoms with E-state index >= 15 is 0 Å². The molecule has 0 bridgehead atoms. The number of nitrogens with one attached hydrogen (secondary N) is 1. The molecule has 1 aliphatic rings. The van der Waals surface area contributed by atoms with Gasteiger partial charge in [0.05, 0.1) is 42.3 Å². The van der Waals surface area contributed by atoms with Gasteiger partial charge in [0.1, 0.15) is 5.60 Å². The molecule has 12 nitrogen and oxygen atoms in total. The first-order chi connectivity index (χ1) is 19.0. The van der Waals surface area contributed by atoms with Gasteiger partial charge in [-0.25, -0.2) is 9.48 Å². The van der Waals surface area contributed by atoms with E-state index in [-0.39, 0.29) is 23.6 Å². The second-order valence-corrected chi connectivity index (χ2v) is 10.4. The Balaban J connectivity index is 1.64. The summed E-state index contributed by atoms with van der Waals surface area (Å²) in [5.74, 6) is 0.521. The second kappa shape index (κ2) is 11.6. The van der Waals surface area contributed by atoms with Gasteiger partial charge < -0.3 is 24.4 Å². The van der Waals surface area contributed by atoms with Crippen LogP contribution in [0.4, 0.5) is 16.2 Å². The number of amides is 2. The van der Waals surface area contributed by atoms with Crippen molar-refractivity contribution in [2.24, 2.45) is 0 Å². The standard InChI is InChI=1S/C28H33N5O7/c1-28(2,3)40-27(35)31-14-12-18(13-15-31)25-22(17-29-32(25)20-7-9-21(10-8-20)33(36)37)26(34)30-19-6-11-23(38-4)24(16-19)39-5/h6-11,16-18H,12-15H2,1-5H3,(H,30,34). The number of likely N-dealkylation sites (tertiary alicyclic amines) is 1. The molecule has 0 radical (unpaired) electrons. The van der Waals surface area contributed by atoms with Crippen LogP contribution in [-0.2, 0) is 4.74 Å². The quantitative estimate of drug-likeness (QED) is 0.314. The van der Waals surface area contributed by atoms with Crippen molar-refractivity contribution in [3.8, 4) is 17.2 Å². The first-order valence-electron chi connectivity index (χ1n) is 12.8. The number of piperidine rings is 1. The molecule has 212 valence electrons. The number of aromatic nitrogens is 2. The third-order valence-corrected chi connectivity index (χ3v) is 6.53. The molecule has 0 saturated carbocycles. The molecule has 1 aliphatic heterocycles. The van der Waals surface area contributed by atoms with Gasteiger partial charge in [-0.05, 0) is 57.9 Å². The molecular weight excluding hydrogens is 518 g/mol. The van der Waals surface area contributed by atoms with Crippen molar-refractivity contribution < 1.29 is 28.7 Å². The monoisotopic (exact) mass is 551 g/mol. The molecular formula is C28H33N5O7. The maximum absolute atomic E-state index is 13.5. The maximum atomic E-state index is 13.5. The summed E-state index contributed by atoms with van der Waals surface area (Å²) in [4.78, 5) is 38.5. The molecule has 2 amide bonds. The van der Waals surface area contributed by atoms with E-state index in [1.165, 1.54) is 32.5 Å². The third-order valence-electron chi connectivity index (χ3n) is 6.53. The van der Waals surface area contributed by atoms with Crippen LogP contribution in [0.5, 0.6) is 11.5 Å². The van der Waals surface area contributed by atoms with Gasteiger partial charge in [0.2, 0.25) is 0 Å². The van der Waals surface area contributed by atoms with Gasteiger partial charge in [-0.3, -0.25) is 14.9 Å². The number of ether oxygens (including phenoxy) is 3. The van der Waals surface area contributed by atoms with Crippen molar-refractivity contribution in [2.75, 3.05) is 32.6 Å². The Morgan fingerprint density at radius 3 is 2.25 bits per heavy atom. The summed E-state index contributed by atoms with van der Waals surface area (Å²) in [6, 6.07) is 11.1. The van der Waals surface area contributed by atoms with Crippen LogP contribution in [0, 0.1) is 10.1 Å². The molecule has 1 fully saturated rings. The van der Waals surface area contributed by atoms with Gasteiger partial charge in [0.25, 0.3) is 11.6 Å². The largest absolute Gasteiger partial charge is 0.493 e. The average molecular weight is 552 g/mol. The van der Waals surface area contributed by atoms with E-state index in [0.717, 1.165) is 0 Å². The minimum Gasteiger partial charge on any atom is -0.493 e. The van der Waals surface area contributed by atoms with E-state index in [0.29, 0.717) is 60.1 Å². The van der Waals surface area contributed by atoms with Crippen molar-refractivity contribution in [1.29, 1.82) is 0 Å². The van der Waals surface area contributed by atoms with Gasteiger partial charge in [-0.2, -0.15) is 5.10 Å². The molecule has 12 heteroatoms. The van der Waals surface area contributed by atoms with Crippen LogP contribution in [0.2, 0.25) is 0 Å². The first-order valence-corrected chi connectivity index (χ1v) is 12.8. The molecule has 0 unspecified atom stereocenters. The molecule has 2 aromatic carbocycles. The van der Waals surface area contributed by atoms with Gasteiger partial charge in [0.15, 0.2) is 11.5 Å². The van der Waals surface area contributed by atoms with Crippen molar-refractivity contribution in [2.45, 2.75) is 45.1 Å². The number of nitro groups is 1. The lowest BCUT2D eigenvalue weighted by Gasteiger charge is -2.34. The van der Waals surface area contributed by atoms with Gasteiger partial charge in [-0.15, -0.1) is 0 Å². The van der Waals surface area contributed by atoms with E-state index in [9.17, 15) is 19.7 Å². The average Bonchev–Trinajstić information content (AvgIpc) is 3.37. The zero-order valence-corrected chi connectivity index (χ0v) is 23.2. The SMILES string of the molecule is COc1ccc(NC(=O)c2cnn(-c3ccc([N+](=O)[O-])cc3)c2C2CCN(C(=O)OC(C)(C)C)CC2)cc1OC. The van der Waals surface area contributed by atoms with Gasteiger partial charge in [0, 0.05) is 42.9 Å². The maximum Gasteiger partial charge on any atom is 0.410 e. The summed E-state index contributed by atoms with van der Waals surface area (Å²) < 4.78 is 17.8. The predicted octanol–water partition coefficient (Wildman–Crippen LogP) is 5.16. The normalized spacial score (nSPS) is 14.0. The first kappa shape index (κ1) is 28.4. The summed E-state index contributed by atoms with van der Waals surface area (Å²) in [5.41, 5.74) is 1.48. The zero-order chi connectivity index (χ0) is 29.0. The fraction of sp³-hybridized carbons (Fsp3) is 0.393. The number of methoxy groups -OCH3 is 2. The van der Waals surface area contributed by atoms with E-state index in [1.807, 2.05) is 20.8 Å². The molecule has 1 saturated heterocycles. The lowest BCUT2D eigenvalue weighted by atomic mass is 9.90. The van der Waals surface area contributed by atoms with Crippen molar-refractivity contribution in [3.63, 3.8) is 0 Å². The number of carbonyl (C=O) groups is 2. The molecule has 0 aliphatic carbocycles. The van der Waals surface area contributed by atoms with E-state index < -0.39 is 10.5 Å². The highest BCUT2D eigenvalue weighted by molar-refractivity contribution is 6.05. The Bertz CT molecular complexity index is 1390. The number of nitro benzene ring substituents is 1. The molecule has 40 heavy (non-hydrogen) atoms. The number of hydrogen-bond donors (Lipinski definition) is 1. The minimum absolute atomic E-state index is 0.0467. The summed E-state index contributed by atoms with van der Waals surface area (Å²) in [6.45, 7) is 6.36. The van der Waals surface area contributed by atoms with Crippen LogP contribution in [0.25, 0.3) is 5.69 Å². The molecule has 4 rings (SSSR count). The van der Waals surface area contributed by atoms with Crippen LogP contribution in [0.15, 0.2) is 48.7 Å². The number of carbonyl (C=O) groups excluding carboxylic acids is 2. The molecule has 2 heterocycles. The van der Waals surface area contributed by atoms with E-state index in [4.69, 9.17) is 14.2 Å². The zero-order valence-electron chi connectivity index (χ0n) is 23.2. The fourth-order valence-corrected chi connectivity index (χ4v) is 4.62. The topological polar surface area (TPSA) is 138 Å². The van der Waals surface area contributed by atoms with Gasteiger partial charge in [-0.1, -0.05) is 0 Å². The predicted molar refractivity (Wildman–Crippen MR) is 147 cm³/mol. The molecule has 0 atom stereocenters. The Morgan fingerprint density at radius 2 is 1.68 bits per heavy atom. The lowest BCUT2D eigenvalue weighted by Crippen LogP contribution is -2.41. The van der Waals surface area contributed by atoms with E-state index in [1.54, 1.807) is 39.9 Å². The van der Waals surface area contributed by atoms with Crippen molar-refractivity contribution in [1.82, 2.24) is 14.7 Å². The number of nitrogens with zero attached hydrogens (tertiary/aromatic N) is 4. The van der Waals surface area contributed by atoms with Crippen LogP contribution < -0.4 is 14.8 Å². The summed E-state index contributed by atoms with van der Waals surface area (Å²) >= 11 is 0. The number of anilines is 1. The van der Waals surface area contributed by atoms with Crippen molar-refractivity contribution in [3.05, 3.63) is 70.0 Å². The summed E-state index contributed by atoms with van der Waals surface area (Å²) in [7, 11) is 3.04. The Kier molecular flexibility index (Phi) is 8.26. The second-order valence-electron chi connectivity index (χ2n) is 10.4. The van der Waals surface area contributed by atoms with Crippen LogP contribution in [0.1, 0.15) is 55.6 Å². The number of hydrogen-bond acceptors (Lipinski definition) is 8. The van der Waals surface area contributed by atoms with Crippen LogP contribution in [-0.4, -0.2) is 64.5 Å². The summed E-state index contributed by atoms with van der Waals surface area (Å²) in [6.07, 6.45) is 2.28. The molecule has 1 aromatic heterocycles. The van der Waals surface area contributed by atoms with Crippen molar-refractivity contribution >= 4 is 23.4 Å². The highest BCUT2D eigenvalue weighted by atomic mass is 16.6. The fourth-order valence-electron chi connectivity index (χ4n) is 4.62. The number of benzene rings is 2. The van der Waals surface area contributed by atoms with Gasteiger partial charge >= 0.3 is 6.09 Å². The Hall–Kier alpha value is -4.61. The number of rotatable bonds is 7. The molecule has 0 spiro atoms. The summed E-state index contributed by atoms with van der Waals surface area (Å²) in [5, 5.41) is 18.6. The Labute approximate surface area is 232 Å². The highest BCUT2D eigenvalue weighted by Crippen LogP contribution is 2.34. The minimum atomic E-state index is -0.599. The third kappa shape index (κ3) is 6.33. The lowest BCUT2D eigenvalue weighted by molar-refractivity contribution is -0.384.